The molecule has 16 heavy (non-hydrogen) atoms. The largest absolute Gasteiger partial charge is 0.439 e. The van der Waals surface area contributed by atoms with E-state index in [0.29, 0.717) is 6.07 Å². The highest BCUT2D eigenvalue weighted by molar-refractivity contribution is 6.66. The van der Waals surface area contributed by atoms with Crippen LogP contribution < -0.4 is 4.74 Å². The lowest BCUT2D eigenvalue weighted by molar-refractivity contribution is 0.111. The quantitative estimate of drug-likeness (QED) is 0.473. The Kier molecular flexibility index (Phi) is 3.93. The number of hydrogen-bond donors (Lipinski definition) is 0. The van der Waals surface area contributed by atoms with Gasteiger partial charge in [0.1, 0.15) is 0 Å². The van der Waals surface area contributed by atoms with Gasteiger partial charge in [0.25, 0.3) is 0 Å². The first-order chi connectivity index (χ1) is 7.26. The van der Waals surface area contributed by atoms with E-state index in [1.807, 2.05) is 0 Å². The van der Waals surface area contributed by atoms with Gasteiger partial charge in [-0.25, -0.2) is 8.78 Å². The molecule has 1 rings (SSSR count). The zero-order chi connectivity index (χ0) is 12.5. The van der Waals surface area contributed by atoms with Crippen molar-refractivity contribution in [3.63, 3.8) is 0 Å². The van der Waals surface area contributed by atoms with Crippen molar-refractivity contribution in [2.45, 2.75) is 3.98 Å². The molecule has 0 aliphatic rings. The van der Waals surface area contributed by atoms with Crippen LogP contribution in [0.5, 0.6) is 5.75 Å². The van der Waals surface area contributed by atoms with E-state index >= 15 is 0 Å². The lowest BCUT2D eigenvalue weighted by Crippen LogP contribution is -2.16. The van der Waals surface area contributed by atoms with E-state index in [1.54, 1.807) is 0 Å². The van der Waals surface area contributed by atoms with Crippen LogP contribution in [0.15, 0.2) is 6.07 Å². The Hall–Kier alpha value is -0.650. The second-order valence-corrected chi connectivity index (χ2v) is 4.75. The molecule has 0 radical (unpaired) electrons. The molecule has 0 spiro atoms. The van der Waals surface area contributed by atoms with Gasteiger partial charge in [-0.2, -0.15) is 4.39 Å². The van der Waals surface area contributed by atoms with E-state index in [-0.39, 0.29) is 6.29 Å². The van der Waals surface area contributed by atoms with Crippen LogP contribution in [0.4, 0.5) is 13.2 Å². The van der Waals surface area contributed by atoms with E-state index < -0.39 is 32.7 Å². The van der Waals surface area contributed by atoms with Gasteiger partial charge in [-0.05, 0) is 40.9 Å². The molecule has 0 saturated heterocycles. The number of carbonyl (C=O) groups is 1. The second-order valence-electron chi connectivity index (χ2n) is 2.57. The van der Waals surface area contributed by atoms with Gasteiger partial charge in [-0.15, -0.1) is 0 Å². The molecule has 0 fully saturated rings. The molecular weight excluding hydrogens is 291 g/mol. The Morgan fingerprint density at radius 2 is 1.75 bits per heavy atom. The minimum atomic E-state index is -2.48. The summed E-state index contributed by atoms with van der Waals surface area (Å²) in [6, 6.07) is 0.364. The first kappa shape index (κ1) is 13.4. The zero-order valence-electron chi connectivity index (χ0n) is 7.24. The Morgan fingerprint density at radius 1 is 1.19 bits per heavy atom. The first-order valence-electron chi connectivity index (χ1n) is 3.64. The fourth-order valence-electron chi connectivity index (χ4n) is 0.890. The first-order valence-corrected chi connectivity index (χ1v) is 4.78. The molecule has 0 saturated carbocycles. The van der Waals surface area contributed by atoms with Crippen LogP contribution in [-0.2, 0) is 0 Å². The molecule has 0 aliphatic heterocycles. The molecule has 88 valence electrons. The van der Waals surface area contributed by atoms with E-state index in [2.05, 4.69) is 4.74 Å². The Morgan fingerprint density at radius 3 is 2.19 bits per heavy atom. The number of benzene rings is 1. The van der Waals surface area contributed by atoms with Gasteiger partial charge in [0, 0.05) is 0 Å². The lowest BCUT2D eigenvalue weighted by atomic mass is 10.2. The number of alkyl halides is 3. The van der Waals surface area contributed by atoms with Gasteiger partial charge in [-0.1, -0.05) is 0 Å². The number of carbonyl (C=O) groups excluding carboxylic acids is 1. The van der Waals surface area contributed by atoms with Crippen LogP contribution in [0.2, 0.25) is 0 Å². The van der Waals surface area contributed by atoms with E-state index in [9.17, 15) is 18.0 Å². The smallest absolute Gasteiger partial charge is 0.338 e. The fourth-order valence-corrected chi connectivity index (χ4v) is 1.12. The topological polar surface area (TPSA) is 26.3 Å². The minimum absolute atomic E-state index is 0.0247. The molecule has 0 heterocycles. The molecule has 0 bridgehead atoms. The van der Waals surface area contributed by atoms with Crippen LogP contribution in [0.1, 0.15) is 10.4 Å². The summed E-state index contributed by atoms with van der Waals surface area (Å²) in [6.07, 6.45) is -0.0247. The predicted octanol–water partition coefficient (Wildman–Crippen LogP) is 3.62. The van der Waals surface area contributed by atoms with Gasteiger partial charge in [0.15, 0.2) is 23.7 Å². The number of hydrogen-bond acceptors (Lipinski definition) is 2. The lowest BCUT2D eigenvalue weighted by Gasteiger charge is -2.15. The van der Waals surface area contributed by atoms with Crippen LogP contribution in [0.3, 0.4) is 0 Å². The summed E-state index contributed by atoms with van der Waals surface area (Å²) in [5, 5.41) is 0. The fraction of sp³-hybridized carbons (Fsp3) is 0.125. The van der Waals surface area contributed by atoms with Crippen molar-refractivity contribution in [2.75, 3.05) is 0 Å². The average Bonchev–Trinajstić information content (AvgIpc) is 2.17. The molecule has 0 atom stereocenters. The average molecular weight is 293 g/mol. The van der Waals surface area contributed by atoms with E-state index in [1.165, 1.54) is 0 Å². The van der Waals surface area contributed by atoms with Crippen LogP contribution in [0, 0.1) is 17.5 Å². The van der Waals surface area contributed by atoms with Gasteiger partial charge in [0.2, 0.25) is 5.82 Å². The maximum Gasteiger partial charge on any atom is 0.338 e. The second kappa shape index (κ2) is 4.69. The van der Waals surface area contributed by atoms with Crippen molar-refractivity contribution in [1.29, 1.82) is 0 Å². The third-order valence-electron chi connectivity index (χ3n) is 1.49. The zero-order valence-corrected chi connectivity index (χ0v) is 9.51. The van der Waals surface area contributed by atoms with Crippen molar-refractivity contribution < 1.29 is 22.7 Å². The Balaban J connectivity index is 3.36. The van der Waals surface area contributed by atoms with Crippen LogP contribution >= 0.6 is 34.8 Å². The third-order valence-corrected chi connectivity index (χ3v) is 1.72. The van der Waals surface area contributed by atoms with Crippen LogP contribution in [-0.4, -0.2) is 10.3 Å². The highest BCUT2D eigenvalue weighted by atomic mass is 35.6. The number of ether oxygens (including phenoxy) is 1. The maximum absolute atomic E-state index is 13.3. The van der Waals surface area contributed by atoms with Gasteiger partial charge in [0.05, 0.1) is 5.56 Å². The molecule has 1 aromatic rings. The molecule has 0 aromatic heterocycles. The Bertz CT molecular complexity index is 432. The molecule has 0 aliphatic carbocycles. The summed E-state index contributed by atoms with van der Waals surface area (Å²) in [4.78, 5) is 10.3. The summed E-state index contributed by atoms with van der Waals surface area (Å²) in [7, 11) is 0. The molecule has 0 amide bonds. The summed E-state index contributed by atoms with van der Waals surface area (Å²) >= 11 is 15.4. The summed E-state index contributed by atoms with van der Waals surface area (Å²) < 4.78 is 41.0. The van der Waals surface area contributed by atoms with Crippen molar-refractivity contribution >= 4 is 41.1 Å². The summed E-state index contributed by atoms with van der Waals surface area (Å²) in [5.74, 6) is -5.88. The van der Waals surface area contributed by atoms with Crippen molar-refractivity contribution in [3.8, 4) is 5.75 Å². The van der Waals surface area contributed by atoms with E-state index in [4.69, 9.17) is 34.8 Å². The molecule has 2 nitrogen and oxygen atoms in total. The molecular formula is C8H2Cl3F3O2. The SMILES string of the molecule is O=Cc1cc(F)c(F)c(OC(Cl)(Cl)Cl)c1F. The summed E-state index contributed by atoms with van der Waals surface area (Å²) in [6.45, 7) is 0. The molecule has 1 aromatic carbocycles. The number of rotatable bonds is 2. The number of aldehydes is 1. The number of halogens is 6. The molecule has 0 N–H and O–H groups in total. The van der Waals surface area contributed by atoms with Gasteiger partial charge in [-0.3, -0.25) is 4.79 Å². The van der Waals surface area contributed by atoms with Gasteiger partial charge < -0.3 is 4.74 Å². The normalized spacial score (nSPS) is 11.4. The molecule has 0 unspecified atom stereocenters. The van der Waals surface area contributed by atoms with E-state index in [0.717, 1.165) is 0 Å². The highest BCUT2D eigenvalue weighted by Crippen LogP contribution is 2.35. The molecule has 8 heteroatoms. The Labute approximate surface area is 103 Å². The van der Waals surface area contributed by atoms with Crippen molar-refractivity contribution in [3.05, 3.63) is 29.1 Å². The highest BCUT2D eigenvalue weighted by Gasteiger charge is 2.29. The van der Waals surface area contributed by atoms with Crippen molar-refractivity contribution in [1.82, 2.24) is 0 Å². The maximum atomic E-state index is 13.3. The van der Waals surface area contributed by atoms with Gasteiger partial charge >= 0.3 is 3.98 Å². The van der Waals surface area contributed by atoms with Crippen molar-refractivity contribution in [2.24, 2.45) is 0 Å². The predicted molar refractivity (Wildman–Crippen MR) is 52.6 cm³/mol. The van der Waals surface area contributed by atoms with Crippen LogP contribution in [0.25, 0.3) is 0 Å². The summed E-state index contributed by atoms with van der Waals surface area (Å²) in [5.41, 5.74) is -0.747. The monoisotopic (exact) mass is 292 g/mol. The standard InChI is InChI=1S/C8H2Cl3F3O2/c9-8(10,11)16-7-5(13)3(2-15)1-4(12)6(7)14/h1-2H. The third kappa shape index (κ3) is 2.93. The minimum Gasteiger partial charge on any atom is -0.439 e.